The Balaban J connectivity index is 2.31. The highest BCUT2D eigenvalue weighted by Gasteiger charge is 2.27. The van der Waals surface area contributed by atoms with E-state index in [0.29, 0.717) is 17.3 Å². The van der Waals surface area contributed by atoms with Crippen LogP contribution in [-0.4, -0.2) is 59.2 Å². The molecule has 9 heteroatoms. The molecule has 0 bridgehead atoms. The molecule has 3 N–H and O–H groups in total. The SMILES string of the molecule is COC(=O)C(c1cccc(O)c1)N(C)Cc1nc(N)nc(N(C)C)n1. The number of carbonyl (C=O) groups excluding carboxylic acids is 1. The van der Waals surface area contributed by atoms with E-state index < -0.39 is 12.0 Å². The van der Waals surface area contributed by atoms with Crippen LogP contribution in [0.15, 0.2) is 24.3 Å². The number of aromatic nitrogens is 3. The van der Waals surface area contributed by atoms with Gasteiger partial charge in [0.2, 0.25) is 11.9 Å². The first-order valence-electron chi connectivity index (χ1n) is 7.56. The first-order chi connectivity index (χ1) is 11.8. The van der Waals surface area contributed by atoms with E-state index in [0.717, 1.165) is 0 Å². The number of anilines is 2. The second-order valence-electron chi connectivity index (χ2n) is 5.74. The van der Waals surface area contributed by atoms with Crippen LogP contribution in [0.25, 0.3) is 0 Å². The predicted octanol–water partition coefficient (Wildman–Crippen LogP) is 0.571. The Morgan fingerprint density at radius 2 is 2.00 bits per heavy atom. The maximum absolute atomic E-state index is 12.3. The third kappa shape index (κ3) is 4.54. The number of ether oxygens (including phenoxy) is 1. The van der Waals surface area contributed by atoms with Crippen molar-refractivity contribution in [2.24, 2.45) is 0 Å². The maximum atomic E-state index is 12.3. The topological polar surface area (TPSA) is 118 Å². The number of carbonyl (C=O) groups is 1. The van der Waals surface area contributed by atoms with Gasteiger partial charge in [-0.25, -0.2) is 4.79 Å². The number of esters is 1. The van der Waals surface area contributed by atoms with Crippen molar-refractivity contribution in [2.75, 3.05) is 38.9 Å². The minimum atomic E-state index is -0.724. The average Bonchev–Trinajstić information content (AvgIpc) is 2.54. The number of rotatable bonds is 6. The number of hydrogen-bond acceptors (Lipinski definition) is 9. The number of nitrogen functional groups attached to an aromatic ring is 1. The highest BCUT2D eigenvalue weighted by Crippen LogP contribution is 2.25. The smallest absolute Gasteiger partial charge is 0.327 e. The number of methoxy groups -OCH3 is 1. The molecular formula is C16H22N6O3. The van der Waals surface area contributed by atoms with Crippen LogP contribution in [0.5, 0.6) is 5.75 Å². The lowest BCUT2D eigenvalue weighted by molar-refractivity contribution is -0.147. The molecule has 0 aliphatic heterocycles. The molecule has 1 unspecified atom stereocenters. The van der Waals surface area contributed by atoms with Crippen LogP contribution in [-0.2, 0) is 16.1 Å². The van der Waals surface area contributed by atoms with Crippen LogP contribution in [0.4, 0.5) is 11.9 Å². The Hall–Kier alpha value is -2.94. The molecule has 0 amide bonds. The molecule has 0 radical (unpaired) electrons. The van der Waals surface area contributed by atoms with Crippen molar-refractivity contribution in [1.82, 2.24) is 19.9 Å². The Morgan fingerprint density at radius 1 is 1.28 bits per heavy atom. The van der Waals surface area contributed by atoms with Gasteiger partial charge in [-0.2, -0.15) is 15.0 Å². The molecule has 9 nitrogen and oxygen atoms in total. The molecule has 0 saturated heterocycles. The summed E-state index contributed by atoms with van der Waals surface area (Å²) in [7, 11) is 6.65. The molecule has 2 aromatic rings. The van der Waals surface area contributed by atoms with Gasteiger partial charge in [-0.15, -0.1) is 0 Å². The summed E-state index contributed by atoms with van der Waals surface area (Å²) in [6, 6.07) is 5.74. The fourth-order valence-corrected chi connectivity index (χ4v) is 2.39. The molecule has 0 saturated carbocycles. The molecule has 0 aliphatic carbocycles. The summed E-state index contributed by atoms with van der Waals surface area (Å²) in [4.78, 5) is 28.2. The minimum Gasteiger partial charge on any atom is -0.508 e. The van der Waals surface area contributed by atoms with Crippen molar-refractivity contribution < 1.29 is 14.6 Å². The highest BCUT2D eigenvalue weighted by atomic mass is 16.5. The molecule has 0 spiro atoms. The summed E-state index contributed by atoms with van der Waals surface area (Å²) in [5.41, 5.74) is 6.34. The fourth-order valence-electron chi connectivity index (χ4n) is 2.39. The van der Waals surface area contributed by atoms with Gasteiger partial charge >= 0.3 is 5.97 Å². The fraction of sp³-hybridized carbons (Fsp3) is 0.375. The van der Waals surface area contributed by atoms with Crippen molar-refractivity contribution in [3.05, 3.63) is 35.7 Å². The van der Waals surface area contributed by atoms with Crippen LogP contribution in [0.3, 0.4) is 0 Å². The highest BCUT2D eigenvalue weighted by molar-refractivity contribution is 5.77. The minimum absolute atomic E-state index is 0.0686. The molecule has 1 heterocycles. The molecule has 25 heavy (non-hydrogen) atoms. The van der Waals surface area contributed by atoms with E-state index in [4.69, 9.17) is 10.5 Å². The molecule has 134 valence electrons. The van der Waals surface area contributed by atoms with E-state index in [-0.39, 0.29) is 18.2 Å². The van der Waals surface area contributed by atoms with Gasteiger partial charge < -0.3 is 20.5 Å². The zero-order valence-electron chi connectivity index (χ0n) is 14.7. The molecule has 1 aromatic carbocycles. The van der Waals surface area contributed by atoms with Crippen molar-refractivity contribution in [1.29, 1.82) is 0 Å². The van der Waals surface area contributed by atoms with Gasteiger partial charge in [0.05, 0.1) is 13.7 Å². The van der Waals surface area contributed by atoms with Crippen molar-refractivity contribution >= 4 is 17.9 Å². The van der Waals surface area contributed by atoms with E-state index >= 15 is 0 Å². The van der Waals surface area contributed by atoms with Crippen molar-refractivity contribution in [3.63, 3.8) is 0 Å². The lowest BCUT2D eigenvalue weighted by atomic mass is 10.1. The third-order valence-corrected chi connectivity index (χ3v) is 3.53. The largest absolute Gasteiger partial charge is 0.508 e. The van der Waals surface area contributed by atoms with E-state index in [9.17, 15) is 9.90 Å². The lowest BCUT2D eigenvalue weighted by Gasteiger charge is -2.26. The Morgan fingerprint density at radius 3 is 2.60 bits per heavy atom. The van der Waals surface area contributed by atoms with Gasteiger partial charge in [0, 0.05) is 14.1 Å². The van der Waals surface area contributed by atoms with Crippen LogP contribution >= 0.6 is 0 Å². The zero-order valence-corrected chi connectivity index (χ0v) is 14.7. The van der Waals surface area contributed by atoms with Gasteiger partial charge in [-0.05, 0) is 24.7 Å². The standard InChI is InChI=1S/C16H22N6O3/c1-21(2)16-19-12(18-15(17)20-16)9-22(3)13(14(24)25-4)10-6-5-7-11(23)8-10/h5-8,13,23H,9H2,1-4H3,(H2,17,18,19,20). The number of aromatic hydroxyl groups is 1. The molecule has 1 aromatic heterocycles. The summed E-state index contributed by atoms with van der Waals surface area (Å²) in [5, 5.41) is 9.70. The normalized spacial score (nSPS) is 12.0. The third-order valence-electron chi connectivity index (χ3n) is 3.53. The monoisotopic (exact) mass is 346 g/mol. The van der Waals surface area contributed by atoms with Gasteiger partial charge in [0.1, 0.15) is 17.6 Å². The molecule has 1 atom stereocenters. The van der Waals surface area contributed by atoms with Crippen LogP contribution < -0.4 is 10.6 Å². The van der Waals surface area contributed by atoms with Crippen LogP contribution in [0.2, 0.25) is 0 Å². The van der Waals surface area contributed by atoms with Gasteiger partial charge in [0.15, 0.2) is 0 Å². The molecular weight excluding hydrogens is 324 g/mol. The number of benzene rings is 1. The number of phenols is 1. The summed E-state index contributed by atoms with van der Waals surface area (Å²) < 4.78 is 4.90. The Kier molecular flexibility index (Phi) is 5.71. The summed E-state index contributed by atoms with van der Waals surface area (Å²) in [6.45, 7) is 0.239. The van der Waals surface area contributed by atoms with E-state index in [1.165, 1.54) is 19.2 Å². The zero-order chi connectivity index (χ0) is 18.6. The summed E-state index contributed by atoms with van der Waals surface area (Å²) in [5.74, 6) is 0.576. The molecule has 0 aliphatic rings. The number of likely N-dealkylation sites (N-methyl/N-ethyl adjacent to an activating group) is 1. The summed E-state index contributed by atoms with van der Waals surface area (Å²) >= 11 is 0. The lowest BCUT2D eigenvalue weighted by Crippen LogP contribution is -2.32. The number of hydrogen-bond donors (Lipinski definition) is 2. The van der Waals surface area contributed by atoms with Crippen LogP contribution in [0, 0.1) is 0 Å². The van der Waals surface area contributed by atoms with Crippen molar-refractivity contribution in [3.8, 4) is 5.75 Å². The second-order valence-corrected chi connectivity index (χ2v) is 5.74. The first kappa shape index (κ1) is 18.4. The predicted molar refractivity (Wildman–Crippen MR) is 92.9 cm³/mol. The average molecular weight is 346 g/mol. The Bertz CT molecular complexity index is 752. The number of nitrogens with zero attached hydrogens (tertiary/aromatic N) is 5. The van der Waals surface area contributed by atoms with Crippen molar-refractivity contribution in [2.45, 2.75) is 12.6 Å². The number of phenolic OH excluding ortho intramolecular Hbond substituents is 1. The van der Waals surface area contributed by atoms with Gasteiger partial charge in [-0.1, -0.05) is 12.1 Å². The van der Waals surface area contributed by atoms with Crippen LogP contribution in [0.1, 0.15) is 17.4 Å². The molecule has 2 rings (SSSR count). The van der Waals surface area contributed by atoms with E-state index in [1.807, 2.05) is 0 Å². The van der Waals surface area contributed by atoms with E-state index in [1.54, 1.807) is 43.1 Å². The summed E-state index contributed by atoms with van der Waals surface area (Å²) in [6.07, 6.45) is 0. The van der Waals surface area contributed by atoms with Gasteiger partial charge in [-0.3, -0.25) is 4.90 Å². The maximum Gasteiger partial charge on any atom is 0.327 e. The Labute approximate surface area is 146 Å². The van der Waals surface area contributed by atoms with E-state index in [2.05, 4.69) is 15.0 Å². The number of nitrogens with two attached hydrogens (primary N) is 1. The second kappa shape index (κ2) is 7.75. The first-order valence-corrected chi connectivity index (χ1v) is 7.56. The molecule has 0 fully saturated rings. The van der Waals surface area contributed by atoms with Gasteiger partial charge in [0.25, 0.3) is 0 Å². The quantitative estimate of drug-likeness (QED) is 0.724.